The number of hydrogen-bond acceptors (Lipinski definition) is 4. The van der Waals surface area contributed by atoms with Crippen LogP contribution in [-0.2, 0) is 11.3 Å². The minimum Gasteiger partial charge on any atom is -0.480 e. The molecule has 0 bridgehead atoms. The highest BCUT2D eigenvalue weighted by molar-refractivity contribution is 7.98. The maximum atomic E-state index is 11.7. The number of amides is 2. The lowest BCUT2D eigenvalue weighted by Crippen LogP contribution is -2.46. The summed E-state index contributed by atoms with van der Waals surface area (Å²) in [6.45, 7) is 2.25. The van der Waals surface area contributed by atoms with Gasteiger partial charge in [0.15, 0.2) is 0 Å². The Morgan fingerprint density at radius 2 is 2.25 bits per heavy atom. The molecule has 1 rings (SSSR count). The summed E-state index contributed by atoms with van der Waals surface area (Å²) in [7, 11) is 0. The van der Waals surface area contributed by atoms with Crippen LogP contribution < -0.4 is 10.6 Å². The SMILES string of the molecule is CSCC[C@H](NC(=O)NCc1ccncc1C)C(=O)O. The van der Waals surface area contributed by atoms with E-state index in [1.54, 1.807) is 24.2 Å². The molecule has 1 atom stereocenters. The van der Waals surface area contributed by atoms with Crippen LogP contribution in [0.4, 0.5) is 4.79 Å². The molecule has 0 fully saturated rings. The van der Waals surface area contributed by atoms with Gasteiger partial charge >= 0.3 is 12.0 Å². The molecular weight excluding hydrogens is 278 g/mol. The summed E-state index contributed by atoms with van der Waals surface area (Å²) >= 11 is 1.54. The van der Waals surface area contributed by atoms with E-state index in [2.05, 4.69) is 15.6 Å². The highest BCUT2D eigenvalue weighted by Crippen LogP contribution is 2.04. The van der Waals surface area contributed by atoms with E-state index in [0.29, 0.717) is 18.7 Å². The molecular formula is C13H19N3O3S. The van der Waals surface area contributed by atoms with E-state index in [4.69, 9.17) is 5.11 Å². The summed E-state index contributed by atoms with van der Waals surface area (Å²) in [6.07, 6.45) is 5.66. The molecule has 1 heterocycles. The van der Waals surface area contributed by atoms with Gasteiger partial charge in [0, 0.05) is 18.9 Å². The minimum absolute atomic E-state index is 0.342. The van der Waals surface area contributed by atoms with Gasteiger partial charge in [-0.25, -0.2) is 9.59 Å². The number of nitrogens with zero attached hydrogens (tertiary/aromatic N) is 1. The lowest BCUT2D eigenvalue weighted by Gasteiger charge is -2.15. The fourth-order valence-corrected chi connectivity index (χ4v) is 2.05. The summed E-state index contributed by atoms with van der Waals surface area (Å²) in [5.74, 6) is -0.338. The van der Waals surface area contributed by atoms with Crippen molar-refractivity contribution in [2.24, 2.45) is 0 Å². The molecule has 0 aromatic carbocycles. The summed E-state index contributed by atoms with van der Waals surface area (Å²) in [6, 6.07) is 0.480. The number of rotatable bonds is 7. The van der Waals surface area contributed by atoms with E-state index < -0.39 is 18.0 Å². The zero-order valence-electron chi connectivity index (χ0n) is 11.5. The standard InChI is InChI=1S/C13H19N3O3S/c1-9-7-14-5-3-10(9)8-15-13(19)16-11(12(17)18)4-6-20-2/h3,5,7,11H,4,6,8H2,1-2H3,(H,17,18)(H2,15,16,19)/t11-/m0/s1. The Bertz CT molecular complexity index is 468. The van der Waals surface area contributed by atoms with Gasteiger partial charge in [0.25, 0.3) is 0 Å². The molecule has 0 unspecified atom stereocenters. The molecule has 0 radical (unpaired) electrons. The van der Waals surface area contributed by atoms with Crippen molar-refractivity contribution in [2.45, 2.75) is 25.9 Å². The summed E-state index contributed by atoms with van der Waals surface area (Å²) < 4.78 is 0. The van der Waals surface area contributed by atoms with E-state index in [9.17, 15) is 9.59 Å². The number of aromatic nitrogens is 1. The molecule has 3 N–H and O–H groups in total. The molecule has 0 spiro atoms. The molecule has 0 aliphatic carbocycles. The zero-order valence-corrected chi connectivity index (χ0v) is 12.4. The van der Waals surface area contributed by atoms with Gasteiger partial charge in [-0.3, -0.25) is 4.98 Å². The van der Waals surface area contributed by atoms with E-state index in [1.807, 2.05) is 19.2 Å². The zero-order chi connectivity index (χ0) is 15.0. The van der Waals surface area contributed by atoms with E-state index in [-0.39, 0.29) is 0 Å². The number of carboxylic acids is 1. The smallest absolute Gasteiger partial charge is 0.326 e. The third kappa shape index (κ3) is 5.48. The quantitative estimate of drug-likeness (QED) is 0.707. The molecule has 0 saturated heterocycles. The van der Waals surface area contributed by atoms with E-state index in [1.165, 1.54) is 0 Å². The van der Waals surface area contributed by atoms with Crippen LogP contribution in [0.3, 0.4) is 0 Å². The second kappa shape index (κ2) is 8.42. The third-order valence-electron chi connectivity index (χ3n) is 2.79. The van der Waals surface area contributed by atoms with Crippen LogP contribution in [0.25, 0.3) is 0 Å². The van der Waals surface area contributed by atoms with Crippen molar-refractivity contribution in [3.05, 3.63) is 29.6 Å². The number of carboxylic acid groups (broad SMARTS) is 1. The molecule has 0 saturated carbocycles. The topological polar surface area (TPSA) is 91.3 Å². The van der Waals surface area contributed by atoms with Crippen molar-refractivity contribution in [1.82, 2.24) is 15.6 Å². The van der Waals surface area contributed by atoms with Gasteiger partial charge in [-0.2, -0.15) is 11.8 Å². The number of aryl methyl sites for hydroxylation is 1. The summed E-state index contributed by atoms with van der Waals surface area (Å²) in [4.78, 5) is 26.7. The van der Waals surface area contributed by atoms with Crippen molar-refractivity contribution in [2.75, 3.05) is 12.0 Å². The van der Waals surface area contributed by atoms with Gasteiger partial charge in [0.05, 0.1) is 0 Å². The van der Waals surface area contributed by atoms with E-state index >= 15 is 0 Å². The number of nitrogens with one attached hydrogen (secondary N) is 2. The summed E-state index contributed by atoms with van der Waals surface area (Å²) in [5.41, 5.74) is 1.93. The monoisotopic (exact) mass is 297 g/mol. The largest absolute Gasteiger partial charge is 0.480 e. The fourth-order valence-electron chi connectivity index (χ4n) is 1.58. The molecule has 0 aliphatic heterocycles. The van der Waals surface area contributed by atoms with Crippen molar-refractivity contribution >= 4 is 23.8 Å². The first-order valence-electron chi connectivity index (χ1n) is 6.20. The fraction of sp³-hybridized carbons (Fsp3) is 0.462. The van der Waals surface area contributed by atoms with Gasteiger partial charge in [-0.1, -0.05) is 0 Å². The molecule has 7 heteroatoms. The molecule has 1 aromatic rings. The van der Waals surface area contributed by atoms with Crippen molar-refractivity contribution < 1.29 is 14.7 Å². The van der Waals surface area contributed by atoms with Gasteiger partial charge in [0.2, 0.25) is 0 Å². The van der Waals surface area contributed by atoms with Gasteiger partial charge in [-0.05, 0) is 42.5 Å². The number of urea groups is 1. The van der Waals surface area contributed by atoms with Crippen LogP contribution in [-0.4, -0.2) is 40.1 Å². The first-order valence-corrected chi connectivity index (χ1v) is 7.59. The Labute approximate surface area is 122 Å². The number of pyridine rings is 1. The molecule has 1 aromatic heterocycles. The Morgan fingerprint density at radius 1 is 1.50 bits per heavy atom. The van der Waals surface area contributed by atoms with Crippen LogP contribution >= 0.6 is 11.8 Å². The predicted octanol–water partition coefficient (Wildman–Crippen LogP) is 1.40. The molecule has 6 nitrogen and oxygen atoms in total. The van der Waals surface area contributed by atoms with Crippen LogP contribution in [0.2, 0.25) is 0 Å². The van der Waals surface area contributed by atoms with Crippen molar-refractivity contribution in [1.29, 1.82) is 0 Å². The summed E-state index contributed by atoms with van der Waals surface area (Å²) in [5, 5.41) is 14.1. The number of thioether (sulfide) groups is 1. The maximum Gasteiger partial charge on any atom is 0.326 e. The molecule has 2 amide bonds. The number of hydrogen-bond donors (Lipinski definition) is 3. The molecule has 0 aliphatic rings. The Hall–Kier alpha value is -1.76. The van der Waals surface area contributed by atoms with Crippen molar-refractivity contribution in [3.63, 3.8) is 0 Å². The second-order valence-electron chi connectivity index (χ2n) is 4.30. The third-order valence-corrected chi connectivity index (χ3v) is 3.43. The lowest BCUT2D eigenvalue weighted by atomic mass is 10.1. The highest BCUT2D eigenvalue weighted by atomic mass is 32.2. The number of carbonyl (C=O) groups is 2. The first-order chi connectivity index (χ1) is 9.54. The number of carbonyl (C=O) groups excluding carboxylic acids is 1. The van der Waals surface area contributed by atoms with Gasteiger partial charge in [0.1, 0.15) is 6.04 Å². The Kier molecular flexibility index (Phi) is 6.86. The lowest BCUT2D eigenvalue weighted by molar-refractivity contribution is -0.139. The number of aliphatic carboxylic acids is 1. The second-order valence-corrected chi connectivity index (χ2v) is 5.29. The highest BCUT2D eigenvalue weighted by Gasteiger charge is 2.19. The average molecular weight is 297 g/mol. The van der Waals surface area contributed by atoms with Gasteiger partial charge in [-0.15, -0.1) is 0 Å². The predicted molar refractivity (Wildman–Crippen MR) is 78.8 cm³/mol. The average Bonchev–Trinajstić information content (AvgIpc) is 2.42. The van der Waals surface area contributed by atoms with Gasteiger partial charge < -0.3 is 15.7 Å². The normalized spacial score (nSPS) is 11.7. The Morgan fingerprint density at radius 3 is 2.85 bits per heavy atom. The molecule has 110 valence electrons. The molecule has 20 heavy (non-hydrogen) atoms. The minimum atomic E-state index is -1.02. The van der Waals surface area contributed by atoms with Crippen LogP contribution in [0, 0.1) is 6.92 Å². The van der Waals surface area contributed by atoms with Crippen molar-refractivity contribution in [3.8, 4) is 0 Å². The maximum absolute atomic E-state index is 11.7. The Balaban J connectivity index is 2.46. The first kappa shape index (κ1) is 16.3. The van der Waals surface area contributed by atoms with Crippen LogP contribution in [0.1, 0.15) is 17.5 Å². The van der Waals surface area contributed by atoms with Crippen LogP contribution in [0.5, 0.6) is 0 Å². The van der Waals surface area contributed by atoms with E-state index in [0.717, 1.165) is 11.1 Å². The van der Waals surface area contributed by atoms with Crippen LogP contribution in [0.15, 0.2) is 18.5 Å².